The third kappa shape index (κ3) is 2.77. The molecule has 0 N–H and O–H groups in total. The minimum absolute atomic E-state index is 0.428. The van der Waals surface area contributed by atoms with Crippen LogP contribution in [0, 0.1) is 0 Å². The van der Waals surface area contributed by atoms with Crippen molar-refractivity contribution in [2.24, 2.45) is 0 Å². The molecule has 0 atom stereocenters. The summed E-state index contributed by atoms with van der Waals surface area (Å²) >= 11 is 0. The van der Waals surface area contributed by atoms with Crippen molar-refractivity contribution in [1.82, 2.24) is 0 Å². The van der Waals surface area contributed by atoms with E-state index in [9.17, 15) is 4.79 Å². The largest absolute Gasteiger partial charge is 0.496 e. The Labute approximate surface area is 156 Å². The number of carbonyl (C=O) groups excluding carboxylic acids is 1. The third-order valence-corrected chi connectivity index (χ3v) is 4.64. The molecule has 0 saturated carbocycles. The summed E-state index contributed by atoms with van der Waals surface area (Å²) in [7, 11) is 4.79. The zero-order chi connectivity index (χ0) is 19.0. The van der Waals surface area contributed by atoms with E-state index in [1.54, 1.807) is 27.4 Å². The van der Waals surface area contributed by atoms with E-state index in [0.29, 0.717) is 17.2 Å². The van der Waals surface area contributed by atoms with Gasteiger partial charge < -0.3 is 18.9 Å². The van der Waals surface area contributed by atoms with Gasteiger partial charge in [-0.3, -0.25) is 0 Å². The first-order valence-corrected chi connectivity index (χ1v) is 8.42. The van der Waals surface area contributed by atoms with E-state index in [0.717, 1.165) is 33.2 Å². The maximum atomic E-state index is 12.4. The smallest absolute Gasteiger partial charge is 0.336 e. The Morgan fingerprint density at radius 1 is 0.815 bits per heavy atom. The molecule has 1 aliphatic heterocycles. The maximum Gasteiger partial charge on any atom is 0.336 e. The van der Waals surface area contributed by atoms with Gasteiger partial charge in [-0.2, -0.15) is 0 Å². The van der Waals surface area contributed by atoms with Crippen LogP contribution in [0.25, 0.3) is 16.3 Å². The second-order valence-electron chi connectivity index (χ2n) is 6.04. The lowest BCUT2D eigenvalue weighted by Gasteiger charge is -2.15. The van der Waals surface area contributed by atoms with E-state index in [2.05, 4.69) is 0 Å². The first kappa shape index (κ1) is 17.0. The standard InChI is InChI=1S/C22H18O5/c1-24-17-10-8-14-16(13-7-9-18(25-2)20(11-13)26-3)12-21(23)27-19-6-4-5-15(17)22(14)19/h4-12H,1-3H3. The van der Waals surface area contributed by atoms with Crippen LogP contribution in [0.1, 0.15) is 11.1 Å². The van der Waals surface area contributed by atoms with Crippen LogP contribution >= 0.6 is 0 Å². The monoisotopic (exact) mass is 362 g/mol. The van der Waals surface area contributed by atoms with Crippen molar-refractivity contribution in [1.29, 1.82) is 0 Å². The lowest BCUT2D eigenvalue weighted by atomic mass is 9.92. The molecular formula is C22H18O5. The molecule has 0 aliphatic carbocycles. The second-order valence-corrected chi connectivity index (χ2v) is 6.04. The fraction of sp³-hybridized carbons (Fsp3) is 0.136. The van der Waals surface area contributed by atoms with E-state index in [1.807, 2.05) is 42.5 Å². The first-order chi connectivity index (χ1) is 13.2. The number of hydrogen-bond donors (Lipinski definition) is 0. The third-order valence-electron chi connectivity index (χ3n) is 4.64. The summed E-state index contributed by atoms with van der Waals surface area (Å²) in [5.41, 5.74) is 2.46. The van der Waals surface area contributed by atoms with Gasteiger partial charge in [-0.1, -0.05) is 18.2 Å². The lowest BCUT2D eigenvalue weighted by molar-refractivity contribution is -0.128. The molecule has 3 aromatic rings. The number of hydrogen-bond acceptors (Lipinski definition) is 5. The van der Waals surface area contributed by atoms with Gasteiger partial charge in [-0.25, -0.2) is 4.79 Å². The SMILES string of the molecule is COc1ccc(C2=CC(=O)Oc3cccc4c(OC)ccc2c34)cc1OC. The van der Waals surface area contributed by atoms with Crippen molar-refractivity contribution >= 4 is 22.3 Å². The molecule has 27 heavy (non-hydrogen) atoms. The predicted molar refractivity (Wildman–Crippen MR) is 103 cm³/mol. The number of esters is 1. The molecule has 136 valence electrons. The van der Waals surface area contributed by atoms with Crippen molar-refractivity contribution in [2.75, 3.05) is 21.3 Å². The molecule has 1 aliphatic rings. The molecule has 0 spiro atoms. The van der Waals surface area contributed by atoms with Crippen molar-refractivity contribution < 1.29 is 23.7 Å². The van der Waals surface area contributed by atoms with Crippen LogP contribution in [0.5, 0.6) is 23.0 Å². The number of carbonyl (C=O) groups is 1. The number of benzene rings is 3. The Morgan fingerprint density at radius 3 is 2.30 bits per heavy atom. The van der Waals surface area contributed by atoms with E-state index in [1.165, 1.54) is 6.08 Å². The van der Waals surface area contributed by atoms with Gasteiger partial charge in [0, 0.05) is 16.8 Å². The highest BCUT2D eigenvalue weighted by molar-refractivity contribution is 6.10. The Balaban J connectivity index is 2.00. The predicted octanol–water partition coefficient (Wildman–Crippen LogP) is 4.22. The molecule has 3 aromatic carbocycles. The van der Waals surface area contributed by atoms with E-state index < -0.39 is 5.97 Å². The molecule has 0 fully saturated rings. The molecule has 0 saturated heterocycles. The average molecular weight is 362 g/mol. The normalized spacial score (nSPS) is 12.9. The quantitative estimate of drug-likeness (QED) is 0.514. The molecule has 0 amide bonds. The summed E-state index contributed by atoms with van der Waals surface area (Å²) in [5.74, 6) is 2.02. The van der Waals surface area contributed by atoms with Gasteiger partial charge in [-0.15, -0.1) is 0 Å². The highest BCUT2D eigenvalue weighted by atomic mass is 16.5. The highest BCUT2D eigenvalue weighted by Gasteiger charge is 2.22. The van der Waals surface area contributed by atoms with Gasteiger partial charge in [0.25, 0.3) is 0 Å². The van der Waals surface area contributed by atoms with Gasteiger partial charge in [0.05, 0.1) is 21.3 Å². The molecule has 5 heteroatoms. The number of methoxy groups -OCH3 is 3. The topological polar surface area (TPSA) is 54.0 Å². The van der Waals surface area contributed by atoms with Crippen molar-refractivity contribution in [3.8, 4) is 23.0 Å². The average Bonchev–Trinajstić information content (AvgIpc) is 2.85. The van der Waals surface area contributed by atoms with Crippen molar-refractivity contribution in [3.63, 3.8) is 0 Å². The second kappa shape index (κ2) is 6.68. The van der Waals surface area contributed by atoms with Crippen LogP contribution in [-0.4, -0.2) is 27.3 Å². The maximum absolute atomic E-state index is 12.4. The Bertz CT molecular complexity index is 1080. The van der Waals surface area contributed by atoms with Gasteiger partial charge in [-0.05, 0) is 47.0 Å². The zero-order valence-corrected chi connectivity index (χ0v) is 15.2. The summed E-state index contributed by atoms with van der Waals surface area (Å²) in [6, 6.07) is 15.0. The van der Waals surface area contributed by atoms with Crippen LogP contribution in [0.3, 0.4) is 0 Å². The Kier molecular flexibility index (Phi) is 4.20. The minimum atomic E-state index is -0.428. The molecule has 5 nitrogen and oxygen atoms in total. The van der Waals surface area contributed by atoms with E-state index >= 15 is 0 Å². The fourth-order valence-corrected chi connectivity index (χ4v) is 3.41. The molecule has 1 heterocycles. The molecule has 0 aromatic heterocycles. The zero-order valence-electron chi connectivity index (χ0n) is 15.2. The van der Waals surface area contributed by atoms with Gasteiger partial charge in [0.15, 0.2) is 11.5 Å². The fourth-order valence-electron chi connectivity index (χ4n) is 3.41. The molecule has 0 bridgehead atoms. The summed E-state index contributed by atoms with van der Waals surface area (Å²) in [6.45, 7) is 0. The lowest BCUT2D eigenvalue weighted by Crippen LogP contribution is -2.03. The van der Waals surface area contributed by atoms with Crippen LogP contribution in [0.15, 0.2) is 54.6 Å². The molecular weight excluding hydrogens is 344 g/mol. The molecule has 0 radical (unpaired) electrons. The number of rotatable bonds is 4. The highest BCUT2D eigenvalue weighted by Crippen LogP contribution is 2.42. The molecule has 4 rings (SSSR count). The van der Waals surface area contributed by atoms with Crippen LogP contribution in [0.2, 0.25) is 0 Å². The number of ether oxygens (including phenoxy) is 4. The summed E-state index contributed by atoms with van der Waals surface area (Å²) < 4.78 is 21.8. The van der Waals surface area contributed by atoms with Crippen molar-refractivity contribution in [2.45, 2.75) is 0 Å². The van der Waals surface area contributed by atoms with Crippen LogP contribution < -0.4 is 18.9 Å². The van der Waals surface area contributed by atoms with Gasteiger partial charge in [0.1, 0.15) is 11.5 Å². The summed E-state index contributed by atoms with van der Waals surface area (Å²) in [4.78, 5) is 12.4. The summed E-state index contributed by atoms with van der Waals surface area (Å²) in [5, 5.41) is 1.72. The Hall–Kier alpha value is -3.47. The molecule has 0 unspecified atom stereocenters. The van der Waals surface area contributed by atoms with Crippen molar-refractivity contribution in [3.05, 3.63) is 65.7 Å². The van der Waals surface area contributed by atoms with Crippen LogP contribution in [0.4, 0.5) is 0 Å². The minimum Gasteiger partial charge on any atom is -0.496 e. The summed E-state index contributed by atoms with van der Waals surface area (Å²) in [6.07, 6.45) is 1.50. The van der Waals surface area contributed by atoms with Gasteiger partial charge >= 0.3 is 5.97 Å². The van der Waals surface area contributed by atoms with Crippen LogP contribution in [-0.2, 0) is 4.79 Å². The van der Waals surface area contributed by atoms with E-state index in [4.69, 9.17) is 18.9 Å². The Morgan fingerprint density at radius 2 is 1.56 bits per heavy atom. The van der Waals surface area contributed by atoms with E-state index in [-0.39, 0.29) is 0 Å². The van der Waals surface area contributed by atoms with Gasteiger partial charge in [0.2, 0.25) is 0 Å². The first-order valence-electron chi connectivity index (χ1n) is 8.42.